The molecule has 7 nitrogen and oxygen atoms in total. The van der Waals surface area contributed by atoms with Crippen molar-refractivity contribution in [2.45, 2.75) is 38.1 Å². The molecule has 4 aromatic rings. The summed E-state index contributed by atoms with van der Waals surface area (Å²) in [6.45, 7) is 0.407. The molecule has 0 saturated carbocycles. The predicted molar refractivity (Wildman–Crippen MR) is 137 cm³/mol. The maximum Gasteiger partial charge on any atom is 0.303 e. The van der Waals surface area contributed by atoms with Gasteiger partial charge in [0.2, 0.25) is 0 Å². The highest BCUT2D eigenvalue weighted by Crippen LogP contribution is 2.33. The molecule has 2 heterocycles. The van der Waals surface area contributed by atoms with Crippen molar-refractivity contribution in [3.05, 3.63) is 89.1 Å². The lowest BCUT2D eigenvalue weighted by atomic mass is 9.99. The number of unbranched alkanes of at least 4 members (excludes halogenated alkanes) is 1. The lowest BCUT2D eigenvalue weighted by molar-refractivity contribution is -0.137. The summed E-state index contributed by atoms with van der Waals surface area (Å²) in [5.41, 5.74) is 3.97. The van der Waals surface area contributed by atoms with E-state index in [1.807, 2.05) is 0 Å². The summed E-state index contributed by atoms with van der Waals surface area (Å²) in [5, 5.41) is 11.9. The third kappa shape index (κ3) is 5.61. The number of fused-ring (bicyclic) bond motifs is 2. The molecule has 1 atom stereocenters. The Morgan fingerprint density at radius 1 is 0.947 bits per heavy atom. The van der Waals surface area contributed by atoms with Gasteiger partial charge in [0.25, 0.3) is 5.91 Å². The number of hydrogen-bond acceptors (Lipinski definition) is 5. The van der Waals surface area contributed by atoms with Crippen LogP contribution >= 0.6 is 0 Å². The van der Waals surface area contributed by atoms with Crippen molar-refractivity contribution >= 4 is 22.9 Å². The number of hydrogen-bond donors (Lipinski definition) is 2. The van der Waals surface area contributed by atoms with Crippen molar-refractivity contribution in [2.24, 2.45) is 0 Å². The van der Waals surface area contributed by atoms with Crippen molar-refractivity contribution in [3.63, 3.8) is 0 Å². The Bertz CT molecular complexity index is 1510. The van der Waals surface area contributed by atoms with E-state index in [1.165, 1.54) is 24.3 Å². The van der Waals surface area contributed by atoms with Crippen molar-refractivity contribution < 1.29 is 28.2 Å². The molecule has 0 bridgehead atoms. The van der Waals surface area contributed by atoms with E-state index in [0.717, 1.165) is 0 Å². The fourth-order valence-corrected chi connectivity index (χ4v) is 4.57. The highest BCUT2D eigenvalue weighted by atomic mass is 19.1. The first-order chi connectivity index (χ1) is 18.4. The van der Waals surface area contributed by atoms with Crippen LogP contribution < -0.4 is 10.1 Å². The number of nitrogens with zero attached hydrogens (tertiary/aromatic N) is 2. The number of nitrogens with one attached hydrogen (secondary N) is 1. The van der Waals surface area contributed by atoms with Crippen LogP contribution in [0.3, 0.4) is 0 Å². The van der Waals surface area contributed by atoms with E-state index < -0.39 is 17.8 Å². The van der Waals surface area contributed by atoms with E-state index in [0.29, 0.717) is 77.2 Å². The van der Waals surface area contributed by atoms with Gasteiger partial charge in [-0.2, -0.15) is 0 Å². The van der Waals surface area contributed by atoms with Gasteiger partial charge in [-0.25, -0.2) is 18.7 Å². The molecule has 1 amide bonds. The van der Waals surface area contributed by atoms with Crippen molar-refractivity contribution in [1.29, 1.82) is 0 Å². The second-order valence-corrected chi connectivity index (χ2v) is 9.18. The first-order valence-corrected chi connectivity index (χ1v) is 12.4. The first kappa shape index (κ1) is 25.3. The maximum atomic E-state index is 13.8. The van der Waals surface area contributed by atoms with Crippen LogP contribution in [0.5, 0.6) is 5.75 Å². The number of rotatable bonds is 8. The van der Waals surface area contributed by atoms with E-state index in [-0.39, 0.29) is 18.1 Å². The number of carboxylic acids is 1. The summed E-state index contributed by atoms with van der Waals surface area (Å²) in [6, 6.07) is 14.8. The monoisotopic (exact) mass is 517 g/mol. The number of carbonyl (C=O) groups is 2. The zero-order chi connectivity index (χ0) is 26.6. The van der Waals surface area contributed by atoms with Crippen LogP contribution in [-0.2, 0) is 11.2 Å². The minimum Gasteiger partial charge on any atom is -0.493 e. The Hall–Kier alpha value is -4.40. The van der Waals surface area contributed by atoms with Gasteiger partial charge < -0.3 is 15.2 Å². The van der Waals surface area contributed by atoms with Crippen LogP contribution in [0.4, 0.5) is 8.78 Å². The van der Waals surface area contributed by atoms with E-state index in [4.69, 9.17) is 19.8 Å². The fraction of sp³-hybridized carbons (Fsp3) is 0.241. The molecule has 0 saturated heterocycles. The molecule has 1 aliphatic heterocycles. The first-order valence-electron chi connectivity index (χ1n) is 12.4. The zero-order valence-corrected chi connectivity index (χ0v) is 20.4. The van der Waals surface area contributed by atoms with Gasteiger partial charge in [-0.1, -0.05) is 0 Å². The van der Waals surface area contributed by atoms with E-state index in [2.05, 4.69) is 5.32 Å². The molecule has 0 fully saturated rings. The highest BCUT2D eigenvalue weighted by molar-refractivity contribution is 5.97. The zero-order valence-electron chi connectivity index (χ0n) is 20.4. The standard InChI is InChI=1S/C29H25F2N3O4/c30-19-8-5-17(6-9-19)28-24(3-1-2-4-27(35)36)32-25-15-18(7-11-23(25)33-28)29(37)34-22-13-14-38-26-12-10-20(31)16-21(22)26/h5-12,15-16,22H,1-4,13-14H2,(H,34,37)(H,35,36)/t22-/m1/s1. The number of aromatic nitrogens is 2. The molecule has 38 heavy (non-hydrogen) atoms. The quantitative estimate of drug-likeness (QED) is 0.294. The highest BCUT2D eigenvalue weighted by Gasteiger charge is 2.24. The minimum atomic E-state index is -0.862. The Kier molecular flexibility index (Phi) is 7.26. The maximum absolute atomic E-state index is 13.8. The van der Waals surface area contributed by atoms with E-state index >= 15 is 0 Å². The van der Waals surface area contributed by atoms with Gasteiger partial charge in [-0.3, -0.25) is 9.59 Å². The summed E-state index contributed by atoms with van der Waals surface area (Å²) in [6.07, 6.45) is 2.10. The molecule has 2 N–H and O–H groups in total. The van der Waals surface area contributed by atoms with Gasteiger partial charge in [0, 0.05) is 29.5 Å². The number of aryl methyl sites for hydroxylation is 1. The molecule has 9 heteroatoms. The molecular formula is C29H25F2N3O4. The summed E-state index contributed by atoms with van der Waals surface area (Å²) >= 11 is 0. The summed E-state index contributed by atoms with van der Waals surface area (Å²) < 4.78 is 32.9. The number of carboxylic acid groups (broad SMARTS) is 1. The second kappa shape index (κ2) is 10.9. The Morgan fingerprint density at radius 3 is 2.53 bits per heavy atom. The summed E-state index contributed by atoms with van der Waals surface area (Å²) in [7, 11) is 0. The molecule has 0 spiro atoms. The lowest BCUT2D eigenvalue weighted by Gasteiger charge is -2.26. The molecule has 194 valence electrons. The number of ether oxygens (including phenoxy) is 1. The van der Waals surface area contributed by atoms with Crippen LogP contribution in [0.1, 0.15) is 53.3 Å². The third-order valence-electron chi connectivity index (χ3n) is 6.49. The van der Waals surface area contributed by atoms with Gasteiger partial charge in [0.1, 0.15) is 17.4 Å². The van der Waals surface area contributed by atoms with Crippen LogP contribution in [-0.4, -0.2) is 33.6 Å². The predicted octanol–water partition coefficient (Wildman–Crippen LogP) is 5.63. The molecule has 0 aliphatic carbocycles. The number of amides is 1. The van der Waals surface area contributed by atoms with Crippen LogP contribution in [0.15, 0.2) is 60.7 Å². The van der Waals surface area contributed by atoms with Gasteiger partial charge in [0.05, 0.1) is 35.1 Å². The summed E-state index contributed by atoms with van der Waals surface area (Å²) in [4.78, 5) is 33.6. The number of halogens is 2. The van der Waals surface area contributed by atoms with E-state index in [9.17, 15) is 18.4 Å². The number of carbonyl (C=O) groups excluding carboxylic acids is 1. The van der Waals surface area contributed by atoms with Crippen molar-refractivity contribution in [1.82, 2.24) is 15.3 Å². The molecular weight excluding hydrogens is 492 g/mol. The summed E-state index contributed by atoms with van der Waals surface area (Å²) in [5.74, 6) is -1.41. The average Bonchev–Trinajstić information content (AvgIpc) is 2.91. The van der Waals surface area contributed by atoms with Crippen LogP contribution in [0.25, 0.3) is 22.3 Å². The number of aliphatic carboxylic acids is 1. The SMILES string of the molecule is O=C(O)CCCCc1nc2cc(C(=O)N[C@@H]3CCOc4ccc(F)cc43)ccc2nc1-c1ccc(F)cc1. The largest absolute Gasteiger partial charge is 0.493 e. The van der Waals surface area contributed by atoms with Crippen LogP contribution in [0.2, 0.25) is 0 Å². The topological polar surface area (TPSA) is 101 Å². The van der Waals surface area contributed by atoms with E-state index in [1.54, 1.807) is 36.4 Å². The number of benzene rings is 3. The van der Waals surface area contributed by atoms with Crippen LogP contribution in [0, 0.1) is 11.6 Å². The van der Waals surface area contributed by atoms with Crippen molar-refractivity contribution in [3.8, 4) is 17.0 Å². The third-order valence-corrected chi connectivity index (χ3v) is 6.49. The fourth-order valence-electron chi connectivity index (χ4n) is 4.57. The Balaban J connectivity index is 1.43. The van der Waals surface area contributed by atoms with Gasteiger partial charge in [0.15, 0.2) is 0 Å². The Labute approximate surface area is 217 Å². The minimum absolute atomic E-state index is 0.0520. The molecule has 5 rings (SSSR count). The molecule has 1 aromatic heterocycles. The normalized spacial score (nSPS) is 14.5. The molecule has 3 aromatic carbocycles. The molecule has 0 unspecified atom stereocenters. The lowest BCUT2D eigenvalue weighted by Crippen LogP contribution is -2.32. The molecule has 1 aliphatic rings. The Morgan fingerprint density at radius 2 is 1.74 bits per heavy atom. The average molecular weight is 518 g/mol. The van der Waals surface area contributed by atoms with Gasteiger partial charge in [-0.05, 0) is 79.9 Å². The molecule has 0 radical (unpaired) electrons. The smallest absolute Gasteiger partial charge is 0.303 e. The van der Waals surface area contributed by atoms with Gasteiger partial charge in [-0.15, -0.1) is 0 Å². The second-order valence-electron chi connectivity index (χ2n) is 9.18. The van der Waals surface area contributed by atoms with Crippen molar-refractivity contribution in [2.75, 3.05) is 6.61 Å². The van der Waals surface area contributed by atoms with Gasteiger partial charge >= 0.3 is 5.97 Å².